The van der Waals surface area contributed by atoms with Gasteiger partial charge in [0.05, 0.1) is 0 Å². The van der Waals surface area contributed by atoms with Crippen molar-refractivity contribution >= 4 is 22.8 Å². The van der Waals surface area contributed by atoms with E-state index in [1.165, 1.54) is 11.6 Å². The largest absolute Gasteiger partial charge is 0.374 e. The SMILES string of the molecule is CCCOCc1nc2c(c(=O)n(C)c(=O)n2C)n1Cc1cccc(Cl)c1. The summed E-state index contributed by atoms with van der Waals surface area (Å²) >= 11 is 6.09. The van der Waals surface area contributed by atoms with Gasteiger partial charge in [0.1, 0.15) is 12.4 Å². The van der Waals surface area contributed by atoms with Crippen molar-refractivity contribution in [1.82, 2.24) is 18.7 Å². The number of halogens is 1. The number of hydrogen-bond donors (Lipinski definition) is 0. The molecule has 0 spiro atoms. The van der Waals surface area contributed by atoms with Crippen molar-refractivity contribution in [2.75, 3.05) is 6.61 Å². The van der Waals surface area contributed by atoms with Gasteiger partial charge in [0.25, 0.3) is 5.56 Å². The highest BCUT2D eigenvalue weighted by Crippen LogP contribution is 2.17. The second-order valence-electron chi connectivity index (χ2n) is 6.17. The molecule has 26 heavy (non-hydrogen) atoms. The van der Waals surface area contributed by atoms with E-state index in [-0.39, 0.29) is 12.2 Å². The van der Waals surface area contributed by atoms with Crippen LogP contribution in [-0.4, -0.2) is 25.3 Å². The highest BCUT2D eigenvalue weighted by molar-refractivity contribution is 6.30. The van der Waals surface area contributed by atoms with Crippen LogP contribution in [-0.2, 0) is 32.0 Å². The minimum Gasteiger partial charge on any atom is -0.374 e. The van der Waals surface area contributed by atoms with E-state index in [1.54, 1.807) is 17.7 Å². The van der Waals surface area contributed by atoms with E-state index in [9.17, 15) is 9.59 Å². The molecule has 7 nitrogen and oxygen atoms in total. The smallest absolute Gasteiger partial charge is 0.332 e. The quantitative estimate of drug-likeness (QED) is 0.617. The third kappa shape index (κ3) is 3.32. The first-order valence-electron chi connectivity index (χ1n) is 8.41. The van der Waals surface area contributed by atoms with Crippen molar-refractivity contribution in [3.05, 3.63) is 61.5 Å². The molecule has 2 heterocycles. The van der Waals surface area contributed by atoms with Gasteiger partial charge >= 0.3 is 5.69 Å². The van der Waals surface area contributed by atoms with E-state index >= 15 is 0 Å². The fourth-order valence-electron chi connectivity index (χ4n) is 2.90. The van der Waals surface area contributed by atoms with Crippen LogP contribution in [0.2, 0.25) is 5.02 Å². The number of benzene rings is 1. The molecule has 0 radical (unpaired) electrons. The molecule has 3 rings (SSSR count). The highest BCUT2D eigenvalue weighted by atomic mass is 35.5. The summed E-state index contributed by atoms with van der Waals surface area (Å²) < 4.78 is 9.91. The lowest BCUT2D eigenvalue weighted by Gasteiger charge is -2.10. The maximum Gasteiger partial charge on any atom is 0.332 e. The summed E-state index contributed by atoms with van der Waals surface area (Å²) in [7, 11) is 3.08. The van der Waals surface area contributed by atoms with Crippen molar-refractivity contribution in [1.29, 1.82) is 0 Å². The van der Waals surface area contributed by atoms with Gasteiger partial charge in [0.2, 0.25) is 0 Å². The number of rotatable bonds is 6. The van der Waals surface area contributed by atoms with Crippen molar-refractivity contribution < 1.29 is 4.74 Å². The Labute approximate surface area is 155 Å². The van der Waals surface area contributed by atoms with Crippen LogP contribution >= 0.6 is 11.6 Å². The molecule has 0 aliphatic rings. The maximum absolute atomic E-state index is 12.7. The summed E-state index contributed by atoms with van der Waals surface area (Å²) in [5.41, 5.74) is 0.889. The molecule has 0 aliphatic carbocycles. The third-order valence-electron chi connectivity index (χ3n) is 4.24. The van der Waals surface area contributed by atoms with Gasteiger partial charge < -0.3 is 9.30 Å². The summed E-state index contributed by atoms with van der Waals surface area (Å²) in [6.45, 7) is 3.29. The predicted molar refractivity (Wildman–Crippen MR) is 101 cm³/mol. The third-order valence-corrected chi connectivity index (χ3v) is 4.47. The first-order valence-corrected chi connectivity index (χ1v) is 8.79. The average Bonchev–Trinajstić information content (AvgIpc) is 2.97. The number of fused-ring (bicyclic) bond motifs is 1. The molecule has 0 fully saturated rings. The molecule has 3 aromatic rings. The Kier molecular flexibility index (Phi) is 5.29. The molecule has 138 valence electrons. The second-order valence-corrected chi connectivity index (χ2v) is 6.61. The summed E-state index contributed by atoms with van der Waals surface area (Å²) in [5, 5.41) is 0.621. The van der Waals surface area contributed by atoms with Gasteiger partial charge in [-0.05, 0) is 24.1 Å². The van der Waals surface area contributed by atoms with E-state index in [0.29, 0.717) is 35.2 Å². The molecular formula is C18H21ClN4O3. The fraction of sp³-hybridized carbons (Fsp3) is 0.389. The summed E-state index contributed by atoms with van der Waals surface area (Å²) in [6, 6.07) is 7.43. The maximum atomic E-state index is 12.7. The van der Waals surface area contributed by atoms with E-state index < -0.39 is 5.69 Å². The zero-order valence-corrected chi connectivity index (χ0v) is 15.8. The van der Waals surface area contributed by atoms with E-state index in [2.05, 4.69) is 4.98 Å². The molecule has 0 bridgehead atoms. The van der Waals surface area contributed by atoms with Gasteiger partial charge in [-0.2, -0.15) is 0 Å². The van der Waals surface area contributed by atoms with Gasteiger partial charge in [0, 0.05) is 32.3 Å². The van der Waals surface area contributed by atoms with Crippen molar-refractivity contribution in [3.63, 3.8) is 0 Å². The van der Waals surface area contributed by atoms with E-state index in [1.807, 2.05) is 25.1 Å². The summed E-state index contributed by atoms with van der Waals surface area (Å²) in [5.74, 6) is 0.603. The monoisotopic (exact) mass is 376 g/mol. The number of aryl methyl sites for hydroxylation is 1. The fourth-order valence-corrected chi connectivity index (χ4v) is 3.11. The molecule has 8 heteroatoms. The van der Waals surface area contributed by atoms with Crippen LogP contribution in [0.5, 0.6) is 0 Å². The highest BCUT2D eigenvalue weighted by Gasteiger charge is 2.19. The Morgan fingerprint density at radius 1 is 1.19 bits per heavy atom. The molecular weight excluding hydrogens is 356 g/mol. The predicted octanol–water partition coefficient (Wildman–Crippen LogP) is 2.06. The summed E-state index contributed by atoms with van der Waals surface area (Å²) in [4.78, 5) is 29.5. The first kappa shape index (κ1) is 18.4. The molecule has 0 atom stereocenters. The van der Waals surface area contributed by atoms with Crippen molar-refractivity contribution in [2.24, 2.45) is 14.1 Å². The Morgan fingerprint density at radius 2 is 1.96 bits per heavy atom. The molecule has 0 aliphatic heterocycles. The zero-order chi connectivity index (χ0) is 18.8. The zero-order valence-electron chi connectivity index (χ0n) is 15.0. The molecule has 0 saturated heterocycles. The Bertz CT molecular complexity index is 1060. The molecule has 2 aromatic heterocycles. The van der Waals surface area contributed by atoms with Gasteiger partial charge in [0.15, 0.2) is 11.2 Å². The Morgan fingerprint density at radius 3 is 2.65 bits per heavy atom. The molecule has 0 amide bonds. The number of imidazole rings is 1. The number of aromatic nitrogens is 4. The van der Waals surface area contributed by atoms with Crippen molar-refractivity contribution in [2.45, 2.75) is 26.5 Å². The number of ether oxygens (including phenoxy) is 1. The van der Waals surface area contributed by atoms with Crippen molar-refractivity contribution in [3.8, 4) is 0 Å². The average molecular weight is 377 g/mol. The van der Waals surface area contributed by atoms with Crippen LogP contribution in [0.3, 0.4) is 0 Å². The van der Waals surface area contributed by atoms with Gasteiger partial charge in [-0.3, -0.25) is 13.9 Å². The minimum atomic E-state index is -0.407. The van der Waals surface area contributed by atoms with E-state index in [0.717, 1.165) is 16.6 Å². The number of hydrogen-bond acceptors (Lipinski definition) is 4. The molecule has 0 saturated carbocycles. The second kappa shape index (κ2) is 7.47. The Balaban J connectivity index is 2.21. The molecule has 0 unspecified atom stereocenters. The topological polar surface area (TPSA) is 71.1 Å². The standard InChI is InChI=1S/C18H21ClN4O3/c1-4-8-26-11-14-20-16-15(17(24)22(3)18(25)21(16)2)23(14)10-12-6-5-7-13(19)9-12/h5-7,9H,4,8,10-11H2,1-3H3. The number of nitrogens with zero attached hydrogens (tertiary/aromatic N) is 4. The summed E-state index contributed by atoms with van der Waals surface area (Å²) in [6.07, 6.45) is 0.884. The minimum absolute atomic E-state index is 0.264. The van der Waals surface area contributed by atoms with Crippen LogP contribution < -0.4 is 11.2 Å². The van der Waals surface area contributed by atoms with Crippen LogP contribution in [0.25, 0.3) is 11.2 Å². The van der Waals surface area contributed by atoms with Crippen LogP contribution in [0.1, 0.15) is 24.7 Å². The normalized spacial score (nSPS) is 11.4. The van der Waals surface area contributed by atoms with E-state index in [4.69, 9.17) is 16.3 Å². The first-order chi connectivity index (χ1) is 12.4. The van der Waals surface area contributed by atoms with Crippen LogP contribution in [0, 0.1) is 0 Å². The molecule has 1 aromatic carbocycles. The van der Waals surface area contributed by atoms with Crippen LogP contribution in [0.15, 0.2) is 33.9 Å². The lowest BCUT2D eigenvalue weighted by molar-refractivity contribution is 0.114. The Hall–Kier alpha value is -2.38. The van der Waals surface area contributed by atoms with Crippen LogP contribution in [0.4, 0.5) is 0 Å². The molecule has 0 N–H and O–H groups in total. The lowest BCUT2D eigenvalue weighted by Crippen LogP contribution is -2.37. The van der Waals surface area contributed by atoms with Gasteiger partial charge in [-0.25, -0.2) is 9.78 Å². The lowest BCUT2D eigenvalue weighted by atomic mass is 10.2. The van der Waals surface area contributed by atoms with Gasteiger partial charge in [-0.15, -0.1) is 0 Å². The van der Waals surface area contributed by atoms with Gasteiger partial charge in [-0.1, -0.05) is 30.7 Å².